The molecule has 2 heterocycles. The molecule has 3 N–H and O–H groups in total. The summed E-state index contributed by atoms with van der Waals surface area (Å²) in [7, 11) is 0. The van der Waals surface area contributed by atoms with Crippen molar-refractivity contribution in [3.8, 4) is 0 Å². The number of aryl methyl sites for hydroxylation is 1. The predicted molar refractivity (Wildman–Crippen MR) is 93.9 cm³/mol. The van der Waals surface area contributed by atoms with E-state index in [2.05, 4.69) is 32.5 Å². The minimum Gasteiger partial charge on any atom is -0.375 e. The molecule has 120 valence electrons. The number of hydrogen-bond acceptors (Lipinski definition) is 6. The SMILES string of the molecule is CC(=NNC(=O)CN1CCCc2ccccc21)c1csc(N)n1. The van der Waals surface area contributed by atoms with Gasteiger partial charge in [0.05, 0.1) is 18.0 Å². The van der Waals surface area contributed by atoms with Gasteiger partial charge in [-0.05, 0) is 31.4 Å². The average molecular weight is 329 g/mol. The van der Waals surface area contributed by atoms with E-state index in [1.807, 2.05) is 17.5 Å². The van der Waals surface area contributed by atoms with Crippen LogP contribution in [-0.2, 0) is 11.2 Å². The van der Waals surface area contributed by atoms with Gasteiger partial charge in [0.25, 0.3) is 5.91 Å². The third kappa shape index (κ3) is 3.68. The van der Waals surface area contributed by atoms with Crippen LogP contribution in [0.5, 0.6) is 0 Å². The molecule has 1 aromatic heterocycles. The number of anilines is 2. The Bertz CT molecular complexity index is 740. The average Bonchev–Trinajstić information content (AvgIpc) is 2.99. The molecule has 0 fully saturated rings. The van der Waals surface area contributed by atoms with E-state index >= 15 is 0 Å². The Morgan fingerprint density at radius 3 is 3.09 bits per heavy atom. The van der Waals surface area contributed by atoms with E-state index in [0.717, 1.165) is 25.1 Å². The molecule has 3 rings (SSSR count). The van der Waals surface area contributed by atoms with Crippen molar-refractivity contribution in [3.63, 3.8) is 0 Å². The molecule has 7 heteroatoms. The molecule has 0 spiro atoms. The number of nitrogen functional groups attached to an aromatic ring is 1. The van der Waals surface area contributed by atoms with Gasteiger partial charge in [0.1, 0.15) is 0 Å². The molecule has 1 aliphatic rings. The number of carbonyl (C=O) groups is 1. The van der Waals surface area contributed by atoms with Crippen LogP contribution in [-0.4, -0.2) is 29.7 Å². The third-order valence-corrected chi connectivity index (χ3v) is 4.46. The zero-order chi connectivity index (χ0) is 16.2. The van der Waals surface area contributed by atoms with Crippen LogP contribution in [0.15, 0.2) is 34.7 Å². The largest absolute Gasteiger partial charge is 0.375 e. The first-order valence-electron chi connectivity index (χ1n) is 7.51. The monoisotopic (exact) mass is 329 g/mol. The van der Waals surface area contributed by atoms with Crippen LogP contribution >= 0.6 is 11.3 Å². The van der Waals surface area contributed by atoms with Crippen LogP contribution < -0.4 is 16.1 Å². The first-order chi connectivity index (χ1) is 11.1. The number of amides is 1. The molecule has 0 radical (unpaired) electrons. The van der Waals surface area contributed by atoms with Gasteiger partial charge in [0.2, 0.25) is 0 Å². The molecule has 2 aromatic rings. The highest BCUT2D eigenvalue weighted by Crippen LogP contribution is 2.26. The number of benzene rings is 1. The highest BCUT2D eigenvalue weighted by molar-refractivity contribution is 7.13. The van der Waals surface area contributed by atoms with Crippen molar-refractivity contribution in [2.24, 2.45) is 5.10 Å². The summed E-state index contributed by atoms with van der Waals surface area (Å²) in [4.78, 5) is 18.4. The maximum atomic E-state index is 12.2. The van der Waals surface area contributed by atoms with Crippen LogP contribution in [0.25, 0.3) is 0 Å². The minimum atomic E-state index is -0.135. The normalized spacial score (nSPS) is 14.5. The quantitative estimate of drug-likeness (QED) is 0.664. The Hall–Kier alpha value is -2.41. The van der Waals surface area contributed by atoms with E-state index in [1.165, 1.54) is 16.9 Å². The van der Waals surface area contributed by atoms with Gasteiger partial charge in [-0.2, -0.15) is 5.10 Å². The maximum absolute atomic E-state index is 12.2. The van der Waals surface area contributed by atoms with E-state index in [9.17, 15) is 4.79 Å². The number of nitrogens with zero attached hydrogens (tertiary/aromatic N) is 3. The molecule has 0 saturated carbocycles. The van der Waals surface area contributed by atoms with Gasteiger partial charge < -0.3 is 10.6 Å². The Balaban J connectivity index is 1.62. The third-order valence-electron chi connectivity index (χ3n) is 3.78. The number of fused-ring (bicyclic) bond motifs is 1. The molecule has 1 aliphatic heterocycles. The van der Waals surface area contributed by atoms with E-state index in [1.54, 1.807) is 6.92 Å². The Morgan fingerprint density at radius 1 is 1.48 bits per heavy atom. The number of carbonyl (C=O) groups excluding carboxylic acids is 1. The van der Waals surface area contributed by atoms with Crippen molar-refractivity contribution < 1.29 is 4.79 Å². The number of hydrazone groups is 1. The van der Waals surface area contributed by atoms with Gasteiger partial charge >= 0.3 is 0 Å². The van der Waals surface area contributed by atoms with Crippen LogP contribution in [0.2, 0.25) is 0 Å². The number of aromatic nitrogens is 1. The Morgan fingerprint density at radius 2 is 2.30 bits per heavy atom. The van der Waals surface area contributed by atoms with Gasteiger partial charge in [-0.3, -0.25) is 4.79 Å². The maximum Gasteiger partial charge on any atom is 0.259 e. The van der Waals surface area contributed by atoms with Gasteiger partial charge in [0, 0.05) is 17.6 Å². The van der Waals surface area contributed by atoms with Gasteiger partial charge in [-0.25, -0.2) is 10.4 Å². The highest BCUT2D eigenvalue weighted by atomic mass is 32.1. The molecule has 1 aromatic carbocycles. The standard InChI is InChI=1S/C16H19N5OS/c1-11(13-10-23-16(17)18-13)19-20-15(22)9-21-8-4-6-12-5-2-3-7-14(12)21/h2-3,5,7,10H,4,6,8-9H2,1H3,(H2,17,18)(H,20,22). The second-order valence-corrected chi connectivity index (χ2v) is 6.35. The fraction of sp³-hybridized carbons (Fsp3) is 0.312. The topological polar surface area (TPSA) is 83.6 Å². The lowest BCUT2D eigenvalue weighted by atomic mass is 10.0. The summed E-state index contributed by atoms with van der Waals surface area (Å²) in [5.74, 6) is -0.135. The van der Waals surface area contributed by atoms with E-state index < -0.39 is 0 Å². The van der Waals surface area contributed by atoms with Gasteiger partial charge in [0.15, 0.2) is 5.13 Å². The van der Waals surface area contributed by atoms with Crippen molar-refractivity contribution >= 4 is 33.8 Å². The van der Waals surface area contributed by atoms with Gasteiger partial charge in [-0.1, -0.05) is 18.2 Å². The zero-order valence-corrected chi connectivity index (χ0v) is 13.8. The molecule has 0 atom stereocenters. The van der Waals surface area contributed by atoms with Crippen molar-refractivity contribution in [2.45, 2.75) is 19.8 Å². The number of nitrogens with one attached hydrogen (secondary N) is 1. The second-order valence-electron chi connectivity index (χ2n) is 5.46. The van der Waals surface area contributed by atoms with E-state index in [4.69, 9.17) is 5.73 Å². The van der Waals surface area contributed by atoms with Crippen LogP contribution in [0.4, 0.5) is 10.8 Å². The van der Waals surface area contributed by atoms with Crippen LogP contribution in [0.1, 0.15) is 24.6 Å². The number of nitrogens with two attached hydrogens (primary N) is 1. The van der Waals surface area contributed by atoms with E-state index in [-0.39, 0.29) is 5.91 Å². The first kappa shape index (κ1) is 15.5. The highest BCUT2D eigenvalue weighted by Gasteiger charge is 2.18. The number of hydrogen-bond donors (Lipinski definition) is 2. The Labute approximate surface area is 139 Å². The molecular weight excluding hydrogens is 310 g/mol. The lowest BCUT2D eigenvalue weighted by molar-refractivity contribution is -0.119. The fourth-order valence-electron chi connectivity index (χ4n) is 2.64. The smallest absolute Gasteiger partial charge is 0.259 e. The summed E-state index contributed by atoms with van der Waals surface area (Å²) in [6, 6.07) is 8.22. The summed E-state index contributed by atoms with van der Waals surface area (Å²) in [6.07, 6.45) is 2.13. The Kier molecular flexibility index (Phi) is 4.57. The molecule has 6 nitrogen and oxygen atoms in total. The summed E-state index contributed by atoms with van der Waals surface area (Å²) in [5, 5.41) is 6.42. The number of rotatable bonds is 4. The van der Waals surface area contributed by atoms with Crippen molar-refractivity contribution in [1.82, 2.24) is 10.4 Å². The zero-order valence-electron chi connectivity index (χ0n) is 13.0. The van der Waals surface area contributed by atoms with Crippen molar-refractivity contribution in [3.05, 3.63) is 40.9 Å². The van der Waals surface area contributed by atoms with Crippen LogP contribution in [0, 0.1) is 0 Å². The lowest BCUT2D eigenvalue weighted by Gasteiger charge is -2.30. The molecule has 23 heavy (non-hydrogen) atoms. The summed E-state index contributed by atoms with van der Waals surface area (Å²) in [5.41, 5.74) is 12.0. The first-order valence-corrected chi connectivity index (χ1v) is 8.39. The fourth-order valence-corrected chi connectivity index (χ4v) is 3.25. The molecular formula is C16H19N5OS. The lowest BCUT2D eigenvalue weighted by Crippen LogP contribution is -2.38. The second kappa shape index (κ2) is 6.78. The summed E-state index contributed by atoms with van der Waals surface area (Å²) in [6.45, 7) is 2.98. The van der Waals surface area contributed by atoms with Crippen molar-refractivity contribution in [2.75, 3.05) is 23.7 Å². The number of thiazole rings is 1. The molecule has 0 unspecified atom stereocenters. The number of para-hydroxylation sites is 1. The predicted octanol–water partition coefficient (Wildman–Crippen LogP) is 2.02. The summed E-state index contributed by atoms with van der Waals surface area (Å²) < 4.78 is 0. The van der Waals surface area contributed by atoms with Gasteiger partial charge in [-0.15, -0.1) is 11.3 Å². The molecule has 1 amide bonds. The van der Waals surface area contributed by atoms with Crippen molar-refractivity contribution in [1.29, 1.82) is 0 Å². The minimum absolute atomic E-state index is 0.135. The molecule has 0 bridgehead atoms. The summed E-state index contributed by atoms with van der Waals surface area (Å²) >= 11 is 1.35. The van der Waals surface area contributed by atoms with E-state index in [0.29, 0.717) is 23.1 Å². The van der Waals surface area contributed by atoms with Crippen LogP contribution in [0.3, 0.4) is 0 Å². The molecule has 0 saturated heterocycles. The molecule has 0 aliphatic carbocycles.